The summed E-state index contributed by atoms with van der Waals surface area (Å²) in [4.78, 5) is 2.25. The van der Waals surface area contributed by atoms with Crippen LogP contribution in [0, 0.1) is 0 Å². The third kappa shape index (κ3) is 9.31. The lowest BCUT2D eigenvalue weighted by atomic mass is 10.4. The van der Waals surface area contributed by atoms with E-state index in [9.17, 15) is 0 Å². The van der Waals surface area contributed by atoms with Crippen LogP contribution in [0.25, 0.3) is 0 Å². The molecule has 0 aliphatic heterocycles. The fourth-order valence-electron chi connectivity index (χ4n) is 0.914. The second kappa shape index (κ2) is 9.49. The standard InChI is InChI=1S/C11H21NO/c1-4-5-6-9-12(2)10-7-8-11-13-3/h5-8H,4,9-11H2,1-3H3. The predicted molar refractivity (Wildman–Crippen MR) is 57.9 cm³/mol. The zero-order chi connectivity index (χ0) is 9.94. The molecule has 0 heterocycles. The average molecular weight is 183 g/mol. The first-order chi connectivity index (χ1) is 6.31. The highest BCUT2D eigenvalue weighted by Crippen LogP contribution is 1.87. The van der Waals surface area contributed by atoms with E-state index >= 15 is 0 Å². The fourth-order valence-corrected chi connectivity index (χ4v) is 0.914. The molecule has 0 aliphatic rings. The first-order valence-electron chi connectivity index (χ1n) is 4.78. The summed E-state index contributed by atoms with van der Waals surface area (Å²) in [5.41, 5.74) is 0. The van der Waals surface area contributed by atoms with E-state index in [1.54, 1.807) is 7.11 Å². The van der Waals surface area contributed by atoms with Crippen LogP contribution >= 0.6 is 0 Å². The van der Waals surface area contributed by atoms with Crippen LogP contribution in [0.1, 0.15) is 13.3 Å². The highest BCUT2D eigenvalue weighted by atomic mass is 16.5. The van der Waals surface area contributed by atoms with Crippen LogP contribution in [-0.2, 0) is 4.74 Å². The van der Waals surface area contributed by atoms with E-state index in [4.69, 9.17) is 4.74 Å². The van der Waals surface area contributed by atoms with Crippen molar-refractivity contribution in [1.82, 2.24) is 4.90 Å². The lowest BCUT2D eigenvalue weighted by Gasteiger charge is -2.10. The molecule has 0 spiro atoms. The fraction of sp³-hybridized carbons (Fsp3) is 0.636. The Kier molecular flexibility index (Phi) is 9.05. The summed E-state index contributed by atoms with van der Waals surface area (Å²) in [6, 6.07) is 0. The van der Waals surface area contributed by atoms with Gasteiger partial charge in [0, 0.05) is 20.2 Å². The van der Waals surface area contributed by atoms with Gasteiger partial charge in [-0.2, -0.15) is 0 Å². The van der Waals surface area contributed by atoms with Crippen molar-refractivity contribution in [3.8, 4) is 0 Å². The first kappa shape index (κ1) is 12.4. The maximum absolute atomic E-state index is 4.90. The van der Waals surface area contributed by atoms with Crippen LogP contribution in [0.5, 0.6) is 0 Å². The molecule has 0 rings (SSSR count). The van der Waals surface area contributed by atoms with E-state index < -0.39 is 0 Å². The monoisotopic (exact) mass is 183 g/mol. The van der Waals surface area contributed by atoms with Crippen LogP contribution in [0.2, 0.25) is 0 Å². The van der Waals surface area contributed by atoms with Crippen LogP contribution in [0.4, 0.5) is 0 Å². The summed E-state index contributed by atoms with van der Waals surface area (Å²) in [5, 5.41) is 0. The van der Waals surface area contributed by atoms with Crippen LogP contribution in [0.3, 0.4) is 0 Å². The molecule has 0 aromatic heterocycles. The molecule has 0 fully saturated rings. The van der Waals surface area contributed by atoms with Crippen molar-refractivity contribution in [3.63, 3.8) is 0 Å². The predicted octanol–water partition coefficient (Wildman–Crippen LogP) is 2.09. The third-order valence-corrected chi connectivity index (χ3v) is 1.67. The number of rotatable bonds is 7. The molecular weight excluding hydrogens is 162 g/mol. The Balaban J connectivity index is 3.39. The average Bonchev–Trinajstić information content (AvgIpc) is 2.13. The number of hydrogen-bond donors (Lipinski definition) is 0. The van der Waals surface area contributed by atoms with Crippen molar-refractivity contribution in [2.24, 2.45) is 0 Å². The first-order valence-corrected chi connectivity index (χ1v) is 4.78. The summed E-state index contributed by atoms with van der Waals surface area (Å²) < 4.78 is 4.90. The van der Waals surface area contributed by atoms with Gasteiger partial charge in [0.05, 0.1) is 6.61 Å². The molecule has 0 aliphatic carbocycles. The van der Waals surface area contributed by atoms with Gasteiger partial charge in [0.15, 0.2) is 0 Å². The third-order valence-electron chi connectivity index (χ3n) is 1.67. The van der Waals surface area contributed by atoms with E-state index in [0.717, 1.165) is 19.5 Å². The normalized spacial score (nSPS) is 12.3. The molecule has 76 valence electrons. The van der Waals surface area contributed by atoms with E-state index in [1.165, 1.54) is 0 Å². The molecule has 0 amide bonds. The van der Waals surface area contributed by atoms with Gasteiger partial charge in [-0.3, -0.25) is 4.90 Å². The molecule has 0 N–H and O–H groups in total. The van der Waals surface area contributed by atoms with E-state index in [1.807, 2.05) is 6.08 Å². The molecule has 0 atom stereocenters. The molecule has 13 heavy (non-hydrogen) atoms. The largest absolute Gasteiger partial charge is 0.381 e. The van der Waals surface area contributed by atoms with Crippen LogP contribution in [0.15, 0.2) is 24.3 Å². The molecule has 0 aromatic rings. The maximum atomic E-state index is 4.90. The molecule has 0 saturated heterocycles. The lowest BCUT2D eigenvalue weighted by molar-refractivity contribution is 0.233. The van der Waals surface area contributed by atoms with Gasteiger partial charge in [-0.15, -0.1) is 0 Å². The minimum atomic E-state index is 0.707. The quantitative estimate of drug-likeness (QED) is 0.560. The Hall–Kier alpha value is -0.600. The van der Waals surface area contributed by atoms with Gasteiger partial charge in [-0.1, -0.05) is 31.2 Å². The van der Waals surface area contributed by atoms with Crippen molar-refractivity contribution in [2.45, 2.75) is 13.3 Å². The molecule has 0 saturated carbocycles. The maximum Gasteiger partial charge on any atom is 0.0644 e. The van der Waals surface area contributed by atoms with E-state index in [0.29, 0.717) is 6.61 Å². The second-order valence-corrected chi connectivity index (χ2v) is 3.03. The summed E-state index contributed by atoms with van der Waals surface area (Å²) in [6.45, 7) is 4.86. The lowest BCUT2D eigenvalue weighted by Crippen LogP contribution is -2.17. The Morgan fingerprint density at radius 2 is 1.69 bits per heavy atom. The number of allylic oxidation sites excluding steroid dienone is 1. The van der Waals surface area contributed by atoms with Crippen LogP contribution in [-0.4, -0.2) is 38.8 Å². The van der Waals surface area contributed by atoms with Gasteiger partial charge >= 0.3 is 0 Å². The van der Waals surface area contributed by atoms with Gasteiger partial charge in [0.2, 0.25) is 0 Å². The van der Waals surface area contributed by atoms with Crippen molar-refractivity contribution in [2.75, 3.05) is 33.9 Å². The van der Waals surface area contributed by atoms with Gasteiger partial charge in [0.25, 0.3) is 0 Å². The minimum Gasteiger partial charge on any atom is -0.381 e. The Labute approximate surface area is 81.9 Å². The number of nitrogens with zero attached hydrogens (tertiary/aromatic N) is 1. The topological polar surface area (TPSA) is 12.5 Å². The zero-order valence-corrected chi connectivity index (χ0v) is 8.99. The minimum absolute atomic E-state index is 0.707. The molecule has 2 heteroatoms. The van der Waals surface area contributed by atoms with E-state index in [2.05, 4.69) is 37.1 Å². The van der Waals surface area contributed by atoms with Gasteiger partial charge in [-0.25, -0.2) is 0 Å². The highest BCUT2D eigenvalue weighted by Gasteiger charge is 1.89. The van der Waals surface area contributed by atoms with Crippen molar-refractivity contribution < 1.29 is 4.74 Å². The van der Waals surface area contributed by atoms with Crippen molar-refractivity contribution >= 4 is 0 Å². The number of methoxy groups -OCH3 is 1. The summed E-state index contributed by atoms with van der Waals surface area (Å²) in [6.07, 6.45) is 9.68. The van der Waals surface area contributed by atoms with Crippen LogP contribution < -0.4 is 0 Å². The van der Waals surface area contributed by atoms with E-state index in [-0.39, 0.29) is 0 Å². The van der Waals surface area contributed by atoms with Crippen molar-refractivity contribution in [1.29, 1.82) is 0 Å². The zero-order valence-electron chi connectivity index (χ0n) is 8.99. The van der Waals surface area contributed by atoms with Gasteiger partial charge < -0.3 is 4.74 Å². The number of likely N-dealkylation sites (N-methyl/N-ethyl adjacent to an activating group) is 1. The second-order valence-electron chi connectivity index (χ2n) is 3.03. The molecule has 0 radical (unpaired) electrons. The number of hydrogen-bond acceptors (Lipinski definition) is 2. The number of ether oxygens (including phenoxy) is 1. The smallest absolute Gasteiger partial charge is 0.0644 e. The summed E-state index contributed by atoms with van der Waals surface area (Å²) in [5.74, 6) is 0. The highest BCUT2D eigenvalue weighted by molar-refractivity contribution is 4.88. The Bertz CT molecular complexity index is 152. The molecule has 0 unspecified atom stereocenters. The van der Waals surface area contributed by atoms with Gasteiger partial charge in [0.1, 0.15) is 0 Å². The molecular formula is C11H21NO. The molecule has 0 aromatic carbocycles. The molecule has 0 bridgehead atoms. The SMILES string of the molecule is CCC=CCN(C)CC=CCOC. The molecule has 2 nitrogen and oxygen atoms in total. The summed E-state index contributed by atoms with van der Waals surface area (Å²) in [7, 11) is 3.81. The Morgan fingerprint density at radius 3 is 2.23 bits per heavy atom. The summed E-state index contributed by atoms with van der Waals surface area (Å²) >= 11 is 0. The van der Waals surface area contributed by atoms with Crippen molar-refractivity contribution in [3.05, 3.63) is 24.3 Å². The Morgan fingerprint density at radius 1 is 1.08 bits per heavy atom. The van der Waals surface area contributed by atoms with Gasteiger partial charge in [-0.05, 0) is 13.5 Å².